The van der Waals surface area contributed by atoms with Crippen LogP contribution < -0.4 is 10.1 Å². The Bertz CT molecular complexity index is 878. The number of ether oxygens (including phenoxy) is 1. The van der Waals surface area contributed by atoms with Crippen LogP contribution in [0.15, 0.2) is 48.5 Å². The number of benzene rings is 2. The maximum atomic E-state index is 13.3. The smallest absolute Gasteiger partial charge is 0.308 e. The van der Waals surface area contributed by atoms with Crippen molar-refractivity contribution in [1.82, 2.24) is 0 Å². The van der Waals surface area contributed by atoms with Crippen molar-refractivity contribution in [3.63, 3.8) is 0 Å². The third kappa shape index (κ3) is 4.01. The van der Waals surface area contributed by atoms with Crippen molar-refractivity contribution >= 4 is 17.6 Å². The molecule has 0 bridgehead atoms. The van der Waals surface area contributed by atoms with Crippen LogP contribution >= 0.6 is 0 Å². The average molecular weight is 362 g/mol. The molecule has 1 aliphatic carbocycles. The van der Waals surface area contributed by atoms with Crippen LogP contribution in [0.1, 0.15) is 50.2 Å². The summed E-state index contributed by atoms with van der Waals surface area (Å²) in [6.07, 6.45) is 4.77. The van der Waals surface area contributed by atoms with Crippen molar-refractivity contribution in [2.75, 3.05) is 5.32 Å². The molecule has 27 heavy (non-hydrogen) atoms. The Morgan fingerprint density at radius 1 is 1.07 bits per heavy atom. The SMILES string of the molecule is CC(=O)Oc1ccc(NC(=O)C2(c3ccccc3)CCCCC2)cc1C#N. The first-order chi connectivity index (χ1) is 13.0. The molecule has 1 amide bonds. The summed E-state index contributed by atoms with van der Waals surface area (Å²) in [6.45, 7) is 1.28. The van der Waals surface area contributed by atoms with Gasteiger partial charge in [0.15, 0.2) is 0 Å². The maximum absolute atomic E-state index is 13.3. The van der Waals surface area contributed by atoms with Crippen LogP contribution in [-0.4, -0.2) is 11.9 Å². The Labute approximate surface area is 159 Å². The molecule has 5 nitrogen and oxygen atoms in total. The van der Waals surface area contributed by atoms with Crippen LogP contribution in [-0.2, 0) is 15.0 Å². The van der Waals surface area contributed by atoms with E-state index in [1.54, 1.807) is 6.07 Å². The van der Waals surface area contributed by atoms with E-state index in [4.69, 9.17) is 4.74 Å². The highest BCUT2D eigenvalue weighted by molar-refractivity contribution is 5.99. The van der Waals surface area contributed by atoms with Crippen LogP contribution in [0.25, 0.3) is 0 Å². The van der Waals surface area contributed by atoms with Crippen LogP contribution in [0.5, 0.6) is 5.75 Å². The van der Waals surface area contributed by atoms with Crippen molar-refractivity contribution in [3.8, 4) is 11.8 Å². The molecular formula is C22H22N2O3. The molecule has 1 N–H and O–H groups in total. The number of hydrogen-bond donors (Lipinski definition) is 1. The van der Waals surface area contributed by atoms with Gasteiger partial charge in [-0.05, 0) is 36.6 Å². The van der Waals surface area contributed by atoms with E-state index < -0.39 is 11.4 Å². The average Bonchev–Trinajstić information content (AvgIpc) is 2.70. The van der Waals surface area contributed by atoms with Crippen molar-refractivity contribution in [1.29, 1.82) is 5.26 Å². The van der Waals surface area contributed by atoms with Gasteiger partial charge in [0.05, 0.1) is 11.0 Å². The van der Waals surface area contributed by atoms with E-state index in [1.807, 2.05) is 36.4 Å². The minimum Gasteiger partial charge on any atom is -0.425 e. The fourth-order valence-corrected chi connectivity index (χ4v) is 3.75. The summed E-state index contributed by atoms with van der Waals surface area (Å²) < 4.78 is 5.03. The van der Waals surface area contributed by atoms with Crippen molar-refractivity contribution < 1.29 is 14.3 Å². The lowest BCUT2D eigenvalue weighted by Crippen LogP contribution is -2.42. The molecule has 0 atom stereocenters. The summed E-state index contributed by atoms with van der Waals surface area (Å²) in [5.74, 6) is -0.357. The minimum atomic E-state index is -0.555. The second kappa shape index (κ2) is 8.05. The van der Waals surface area contributed by atoms with E-state index in [0.29, 0.717) is 5.69 Å². The highest BCUT2D eigenvalue weighted by Gasteiger charge is 2.41. The number of amides is 1. The van der Waals surface area contributed by atoms with E-state index >= 15 is 0 Å². The first-order valence-electron chi connectivity index (χ1n) is 9.15. The number of hydrogen-bond acceptors (Lipinski definition) is 4. The molecule has 1 fully saturated rings. The summed E-state index contributed by atoms with van der Waals surface area (Å²) >= 11 is 0. The van der Waals surface area contributed by atoms with Crippen LogP contribution in [0.2, 0.25) is 0 Å². The minimum absolute atomic E-state index is 0.0578. The summed E-state index contributed by atoms with van der Waals surface area (Å²) in [5.41, 5.74) is 1.20. The Morgan fingerprint density at radius 3 is 2.41 bits per heavy atom. The van der Waals surface area contributed by atoms with Gasteiger partial charge in [0, 0.05) is 12.6 Å². The molecule has 1 saturated carbocycles. The summed E-state index contributed by atoms with van der Waals surface area (Å²) in [6, 6.07) is 16.6. The van der Waals surface area contributed by atoms with Crippen molar-refractivity contribution in [2.45, 2.75) is 44.4 Å². The fraction of sp³-hybridized carbons (Fsp3) is 0.318. The van der Waals surface area contributed by atoms with Crippen molar-refractivity contribution in [2.24, 2.45) is 0 Å². The molecule has 0 aliphatic heterocycles. The molecular weight excluding hydrogens is 340 g/mol. The summed E-state index contributed by atoms with van der Waals surface area (Å²) in [7, 11) is 0. The van der Waals surface area contributed by atoms with E-state index in [9.17, 15) is 14.9 Å². The fourth-order valence-electron chi connectivity index (χ4n) is 3.75. The van der Waals surface area contributed by atoms with E-state index in [0.717, 1.165) is 37.7 Å². The normalized spacial score (nSPS) is 15.4. The van der Waals surface area contributed by atoms with Gasteiger partial charge in [-0.1, -0.05) is 49.6 Å². The highest BCUT2D eigenvalue weighted by Crippen LogP contribution is 2.40. The number of carbonyl (C=O) groups is 2. The van der Waals surface area contributed by atoms with Gasteiger partial charge in [-0.3, -0.25) is 9.59 Å². The number of esters is 1. The zero-order valence-corrected chi connectivity index (χ0v) is 15.3. The number of nitriles is 1. The quantitative estimate of drug-likeness (QED) is 0.649. The molecule has 0 spiro atoms. The molecule has 0 radical (unpaired) electrons. The predicted octanol–water partition coefficient (Wildman–Crippen LogP) is 4.32. The van der Waals surface area contributed by atoms with Crippen LogP contribution in [0.3, 0.4) is 0 Å². The lowest BCUT2D eigenvalue weighted by molar-refractivity contribution is -0.132. The zero-order valence-electron chi connectivity index (χ0n) is 15.3. The van der Waals surface area contributed by atoms with Gasteiger partial charge < -0.3 is 10.1 Å². The van der Waals surface area contributed by atoms with E-state index in [2.05, 4.69) is 5.32 Å². The van der Waals surface area contributed by atoms with Gasteiger partial charge in [0.1, 0.15) is 11.8 Å². The Hall–Kier alpha value is -3.13. The first-order valence-corrected chi connectivity index (χ1v) is 9.15. The topological polar surface area (TPSA) is 79.2 Å². The monoisotopic (exact) mass is 362 g/mol. The second-order valence-corrected chi connectivity index (χ2v) is 6.88. The van der Waals surface area contributed by atoms with Gasteiger partial charge in [-0.15, -0.1) is 0 Å². The number of anilines is 1. The van der Waals surface area contributed by atoms with E-state index in [1.165, 1.54) is 19.1 Å². The van der Waals surface area contributed by atoms with Gasteiger partial charge in [-0.25, -0.2) is 0 Å². The molecule has 0 aromatic heterocycles. The number of carbonyl (C=O) groups excluding carboxylic acids is 2. The molecule has 3 rings (SSSR count). The largest absolute Gasteiger partial charge is 0.425 e. The third-order valence-electron chi connectivity index (χ3n) is 5.08. The molecule has 0 heterocycles. The van der Waals surface area contributed by atoms with Gasteiger partial charge in [-0.2, -0.15) is 5.26 Å². The lowest BCUT2D eigenvalue weighted by atomic mass is 9.68. The number of nitrogens with zero attached hydrogens (tertiary/aromatic N) is 1. The summed E-state index contributed by atoms with van der Waals surface area (Å²) in [5, 5.41) is 12.3. The Balaban J connectivity index is 1.88. The molecule has 2 aromatic rings. The van der Waals surface area contributed by atoms with E-state index in [-0.39, 0.29) is 17.2 Å². The molecule has 5 heteroatoms. The lowest BCUT2D eigenvalue weighted by Gasteiger charge is -2.36. The zero-order chi connectivity index (χ0) is 19.3. The second-order valence-electron chi connectivity index (χ2n) is 6.88. The van der Waals surface area contributed by atoms with Gasteiger partial charge >= 0.3 is 5.97 Å². The number of nitrogens with one attached hydrogen (secondary N) is 1. The third-order valence-corrected chi connectivity index (χ3v) is 5.08. The maximum Gasteiger partial charge on any atom is 0.308 e. The van der Waals surface area contributed by atoms with Gasteiger partial charge in [0.2, 0.25) is 5.91 Å². The number of rotatable bonds is 4. The predicted molar refractivity (Wildman–Crippen MR) is 102 cm³/mol. The van der Waals surface area contributed by atoms with Crippen molar-refractivity contribution in [3.05, 3.63) is 59.7 Å². The van der Waals surface area contributed by atoms with Crippen LogP contribution in [0, 0.1) is 11.3 Å². The first kappa shape index (κ1) is 18.7. The summed E-state index contributed by atoms with van der Waals surface area (Å²) in [4.78, 5) is 24.4. The standard InChI is InChI=1S/C22H22N2O3/c1-16(25)27-20-11-10-19(14-17(20)15-23)24-21(26)22(12-6-3-7-13-22)18-8-4-2-5-9-18/h2,4-5,8-11,14H,3,6-7,12-13H2,1H3,(H,24,26). The molecule has 138 valence electrons. The Morgan fingerprint density at radius 2 is 1.78 bits per heavy atom. The molecule has 2 aromatic carbocycles. The van der Waals surface area contributed by atoms with Gasteiger partial charge in [0.25, 0.3) is 0 Å². The molecule has 0 saturated heterocycles. The highest BCUT2D eigenvalue weighted by atomic mass is 16.5. The van der Waals surface area contributed by atoms with Crippen LogP contribution in [0.4, 0.5) is 5.69 Å². The molecule has 1 aliphatic rings. The molecule has 0 unspecified atom stereocenters. The Kier molecular flexibility index (Phi) is 5.56.